The Morgan fingerprint density at radius 2 is 1.93 bits per heavy atom. The molecular weight excluding hydrogens is 387 g/mol. The van der Waals surface area contributed by atoms with Crippen LogP contribution in [0.5, 0.6) is 5.75 Å². The van der Waals surface area contributed by atoms with Gasteiger partial charge < -0.3 is 15.6 Å². The van der Waals surface area contributed by atoms with Crippen LogP contribution < -0.4 is 21.0 Å². The molecule has 2 aliphatic rings. The molecule has 0 saturated carbocycles. The van der Waals surface area contributed by atoms with Crippen molar-refractivity contribution in [2.75, 3.05) is 5.32 Å². The molecular formula is C19H14F3N5O2. The zero-order valence-electron chi connectivity index (χ0n) is 14.7. The van der Waals surface area contributed by atoms with Crippen molar-refractivity contribution in [2.45, 2.75) is 6.18 Å². The number of nitrogens with one attached hydrogen (secondary N) is 3. The number of carbonyl (C=O) groups is 1. The maximum absolute atomic E-state index is 12.6. The predicted molar refractivity (Wildman–Crippen MR) is 99.2 cm³/mol. The zero-order chi connectivity index (χ0) is 20.4. The van der Waals surface area contributed by atoms with E-state index in [1.807, 2.05) is 0 Å². The Hall–Kier alpha value is -3.95. The lowest BCUT2D eigenvalue weighted by Gasteiger charge is -2.22. The maximum Gasteiger partial charge on any atom is 0.416 e. The number of amides is 1. The number of fused-ring (bicyclic) bond motifs is 1. The number of hydrazine groups is 1. The molecule has 4 rings (SSSR count). The molecule has 10 heteroatoms. The minimum atomic E-state index is -4.45. The summed E-state index contributed by atoms with van der Waals surface area (Å²) in [5, 5.41) is 4.08. The van der Waals surface area contributed by atoms with Crippen LogP contribution in [0.2, 0.25) is 0 Å². The number of carbonyl (C=O) groups excluding carboxylic acids is 1. The summed E-state index contributed by atoms with van der Waals surface area (Å²) >= 11 is 0. The molecule has 2 aliphatic heterocycles. The normalized spacial score (nSPS) is 14.9. The molecule has 1 amide bonds. The second-order valence-corrected chi connectivity index (χ2v) is 6.08. The fourth-order valence-electron chi connectivity index (χ4n) is 2.67. The van der Waals surface area contributed by atoms with Crippen molar-refractivity contribution in [1.82, 2.24) is 15.9 Å². The topological polar surface area (TPSA) is 78.0 Å². The number of hydrogen-bond donors (Lipinski definition) is 3. The molecule has 0 radical (unpaired) electrons. The molecule has 0 bridgehead atoms. The predicted octanol–water partition coefficient (Wildman–Crippen LogP) is 3.39. The van der Waals surface area contributed by atoms with Gasteiger partial charge in [0.2, 0.25) is 0 Å². The fraction of sp³-hybridized carbons (Fsp3) is 0.0526. The number of aliphatic imine (C=N–C) groups is 1. The summed E-state index contributed by atoms with van der Waals surface area (Å²) in [6, 6.07) is 10.6. The van der Waals surface area contributed by atoms with Crippen molar-refractivity contribution in [3.63, 3.8) is 0 Å². The van der Waals surface area contributed by atoms with Gasteiger partial charge in [0.1, 0.15) is 17.7 Å². The van der Waals surface area contributed by atoms with Gasteiger partial charge in [0.25, 0.3) is 5.91 Å². The van der Waals surface area contributed by atoms with Gasteiger partial charge in [-0.05, 0) is 36.4 Å². The van der Waals surface area contributed by atoms with E-state index >= 15 is 0 Å². The van der Waals surface area contributed by atoms with Crippen LogP contribution in [0.4, 0.5) is 18.9 Å². The number of anilines is 1. The molecule has 148 valence electrons. The van der Waals surface area contributed by atoms with E-state index in [1.165, 1.54) is 11.4 Å². The third kappa shape index (κ3) is 4.00. The minimum Gasteiger partial charge on any atom is -0.374 e. The number of benzene rings is 2. The molecule has 0 unspecified atom stereocenters. The average molecular weight is 401 g/mol. The number of rotatable bonds is 4. The summed E-state index contributed by atoms with van der Waals surface area (Å²) in [6.07, 6.45) is 0.365. The average Bonchev–Trinajstić information content (AvgIpc) is 3.18. The summed E-state index contributed by atoms with van der Waals surface area (Å²) in [6.45, 7) is 0. The quantitative estimate of drug-likeness (QED) is 0.732. The van der Waals surface area contributed by atoms with Crippen LogP contribution in [0.15, 0.2) is 77.3 Å². The second kappa shape index (κ2) is 7.23. The van der Waals surface area contributed by atoms with E-state index in [1.54, 1.807) is 36.7 Å². The Morgan fingerprint density at radius 1 is 1.14 bits per heavy atom. The van der Waals surface area contributed by atoms with Crippen molar-refractivity contribution >= 4 is 17.9 Å². The molecule has 7 nitrogen and oxygen atoms in total. The van der Waals surface area contributed by atoms with Crippen LogP contribution in [0.3, 0.4) is 0 Å². The maximum atomic E-state index is 12.6. The molecule has 2 aromatic carbocycles. The molecule has 3 N–H and O–H groups in total. The Kier molecular flexibility index (Phi) is 4.59. The molecule has 0 atom stereocenters. The Balaban J connectivity index is 1.44. The Morgan fingerprint density at radius 3 is 2.69 bits per heavy atom. The molecule has 0 saturated heterocycles. The van der Waals surface area contributed by atoms with E-state index < -0.39 is 17.6 Å². The van der Waals surface area contributed by atoms with Crippen LogP contribution in [0.25, 0.3) is 0 Å². The highest BCUT2D eigenvalue weighted by Crippen LogP contribution is 2.29. The molecule has 29 heavy (non-hydrogen) atoms. The zero-order valence-corrected chi connectivity index (χ0v) is 14.7. The van der Waals surface area contributed by atoms with E-state index in [9.17, 15) is 18.0 Å². The molecule has 0 aliphatic carbocycles. The summed E-state index contributed by atoms with van der Waals surface area (Å²) < 4.78 is 37.9. The number of nitrogens with zero attached hydrogens (tertiary/aromatic N) is 2. The first-order valence-electron chi connectivity index (χ1n) is 8.41. The van der Waals surface area contributed by atoms with Crippen molar-refractivity contribution in [1.29, 1.82) is 0 Å². The van der Waals surface area contributed by atoms with Crippen molar-refractivity contribution in [2.24, 2.45) is 4.99 Å². The number of hydroxylamine groups is 2. The standard InChI is InChI=1S/C19H14F3N5O2/c20-19(21,22)13-6-4-12(5-7-13)18(28)25-14-2-1-3-15(8-14)29-27-11-23-9-16-17(27)10-24-26-16/h1-11,24,26H,(H,25,28). The number of hydrogen-bond acceptors (Lipinski definition) is 6. The Labute approximate surface area is 163 Å². The van der Waals surface area contributed by atoms with E-state index in [4.69, 9.17) is 4.84 Å². The Bertz CT molecular complexity index is 1030. The highest BCUT2D eigenvalue weighted by atomic mass is 19.4. The largest absolute Gasteiger partial charge is 0.416 e. The van der Waals surface area contributed by atoms with Crippen LogP contribution in [0.1, 0.15) is 15.9 Å². The summed E-state index contributed by atoms with van der Waals surface area (Å²) in [7, 11) is 0. The van der Waals surface area contributed by atoms with Gasteiger partial charge in [-0.3, -0.25) is 10.2 Å². The summed E-state index contributed by atoms with van der Waals surface area (Å²) in [5.74, 6) is -0.108. The van der Waals surface area contributed by atoms with Gasteiger partial charge in [0, 0.05) is 23.5 Å². The van der Waals surface area contributed by atoms with Gasteiger partial charge in [0.05, 0.1) is 11.8 Å². The van der Waals surface area contributed by atoms with Crippen LogP contribution in [-0.2, 0) is 6.18 Å². The SMILES string of the molecule is O=C(Nc1cccc(ON2C=NC=C3NNC=C32)c1)c1ccc(C(F)(F)F)cc1. The van der Waals surface area contributed by atoms with E-state index in [0.29, 0.717) is 11.4 Å². The van der Waals surface area contributed by atoms with Gasteiger partial charge in [-0.15, -0.1) is 0 Å². The highest BCUT2D eigenvalue weighted by Gasteiger charge is 2.30. The lowest BCUT2D eigenvalue weighted by Crippen LogP contribution is -2.29. The summed E-state index contributed by atoms with van der Waals surface area (Å²) in [5.41, 5.74) is 6.91. The van der Waals surface area contributed by atoms with Gasteiger partial charge in [-0.2, -0.15) is 18.2 Å². The van der Waals surface area contributed by atoms with Crippen molar-refractivity contribution in [3.05, 3.63) is 83.5 Å². The van der Waals surface area contributed by atoms with Gasteiger partial charge in [-0.25, -0.2) is 4.99 Å². The molecule has 0 spiro atoms. The first-order chi connectivity index (χ1) is 13.9. The van der Waals surface area contributed by atoms with Gasteiger partial charge in [0.15, 0.2) is 5.75 Å². The molecule has 2 aromatic rings. The smallest absolute Gasteiger partial charge is 0.374 e. The fourth-order valence-corrected chi connectivity index (χ4v) is 2.67. The molecule has 0 aromatic heterocycles. The summed E-state index contributed by atoms with van der Waals surface area (Å²) in [4.78, 5) is 22.1. The number of alkyl halides is 3. The van der Waals surface area contributed by atoms with E-state index in [2.05, 4.69) is 21.2 Å². The molecule has 2 heterocycles. The molecule has 0 fully saturated rings. The third-order valence-corrected chi connectivity index (χ3v) is 4.07. The van der Waals surface area contributed by atoms with Crippen LogP contribution in [-0.4, -0.2) is 17.3 Å². The minimum absolute atomic E-state index is 0.107. The highest BCUT2D eigenvalue weighted by molar-refractivity contribution is 6.04. The van der Waals surface area contributed by atoms with Crippen LogP contribution in [0, 0.1) is 0 Å². The number of halogens is 3. The van der Waals surface area contributed by atoms with E-state index in [0.717, 1.165) is 35.7 Å². The van der Waals surface area contributed by atoms with Crippen molar-refractivity contribution < 1.29 is 22.8 Å². The van der Waals surface area contributed by atoms with Gasteiger partial charge >= 0.3 is 6.18 Å². The lowest BCUT2D eigenvalue weighted by molar-refractivity contribution is -0.137. The van der Waals surface area contributed by atoms with Crippen molar-refractivity contribution in [3.8, 4) is 5.75 Å². The monoisotopic (exact) mass is 401 g/mol. The third-order valence-electron chi connectivity index (χ3n) is 4.07. The van der Waals surface area contributed by atoms with E-state index in [-0.39, 0.29) is 5.56 Å². The first-order valence-corrected chi connectivity index (χ1v) is 8.41. The first kappa shape index (κ1) is 18.4. The second-order valence-electron chi connectivity index (χ2n) is 6.08. The van der Waals surface area contributed by atoms with Crippen LogP contribution >= 0.6 is 0 Å². The van der Waals surface area contributed by atoms with Gasteiger partial charge in [-0.1, -0.05) is 6.07 Å². The lowest BCUT2D eigenvalue weighted by atomic mass is 10.1.